The molecule has 0 saturated carbocycles. The number of carbonyl (C=O) groups is 1. The van der Waals surface area contributed by atoms with Crippen LogP contribution in [0.2, 0.25) is 0 Å². The second-order valence-corrected chi connectivity index (χ2v) is 6.79. The van der Waals surface area contributed by atoms with Gasteiger partial charge in [0.05, 0.1) is 5.41 Å². The monoisotopic (exact) mass is 306 g/mol. The number of nitrogens with two attached hydrogens (primary N) is 1. The molecule has 22 heavy (non-hydrogen) atoms. The Balaban J connectivity index is 2.02. The largest absolute Gasteiger partial charge is 0.488 e. The molecule has 1 heterocycles. The van der Waals surface area contributed by atoms with Crippen LogP contribution in [0.25, 0.3) is 0 Å². The molecule has 1 amide bonds. The van der Waals surface area contributed by atoms with Crippen LogP contribution in [0.3, 0.4) is 0 Å². The van der Waals surface area contributed by atoms with Crippen molar-refractivity contribution in [3.63, 3.8) is 0 Å². The summed E-state index contributed by atoms with van der Waals surface area (Å²) < 4.78 is 11.1. The minimum atomic E-state index is -0.515. The first kappa shape index (κ1) is 16.8. The summed E-state index contributed by atoms with van der Waals surface area (Å²) in [6.07, 6.45) is 1.33. The van der Waals surface area contributed by atoms with Crippen LogP contribution in [-0.2, 0) is 9.53 Å². The van der Waals surface area contributed by atoms with Gasteiger partial charge in [0.15, 0.2) is 0 Å². The lowest BCUT2D eigenvalue weighted by Crippen LogP contribution is -2.46. The van der Waals surface area contributed by atoms with Crippen LogP contribution >= 0.6 is 0 Å². The maximum absolute atomic E-state index is 12.6. The number of hydrogen-bond donors (Lipinski definition) is 2. The lowest BCUT2D eigenvalue weighted by atomic mass is 9.79. The van der Waals surface area contributed by atoms with Crippen molar-refractivity contribution in [3.05, 3.63) is 24.3 Å². The summed E-state index contributed by atoms with van der Waals surface area (Å²) in [6.45, 7) is 7.51. The van der Waals surface area contributed by atoms with Crippen LogP contribution in [-0.4, -0.2) is 31.3 Å². The second-order valence-electron chi connectivity index (χ2n) is 6.79. The Morgan fingerprint density at radius 3 is 2.36 bits per heavy atom. The van der Waals surface area contributed by atoms with E-state index in [1.807, 2.05) is 45.0 Å². The number of nitrogens with one attached hydrogen (secondary N) is 1. The van der Waals surface area contributed by atoms with Crippen molar-refractivity contribution in [2.24, 2.45) is 11.1 Å². The summed E-state index contributed by atoms with van der Waals surface area (Å²) in [4.78, 5) is 12.6. The lowest BCUT2D eigenvalue weighted by molar-refractivity contribution is -0.130. The van der Waals surface area contributed by atoms with E-state index < -0.39 is 5.41 Å². The highest BCUT2D eigenvalue weighted by Crippen LogP contribution is 2.31. The van der Waals surface area contributed by atoms with Crippen molar-refractivity contribution in [2.45, 2.75) is 39.2 Å². The average molecular weight is 306 g/mol. The molecule has 1 fully saturated rings. The van der Waals surface area contributed by atoms with Crippen molar-refractivity contribution in [1.29, 1.82) is 0 Å². The van der Waals surface area contributed by atoms with Crippen LogP contribution in [0.1, 0.15) is 33.6 Å². The van der Waals surface area contributed by atoms with Crippen molar-refractivity contribution in [2.75, 3.05) is 25.1 Å². The van der Waals surface area contributed by atoms with E-state index in [4.69, 9.17) is 15.2 Å². The number of hydrogen-bond acceptors (Lipinski definition) is 4. The van der Waals surface area contributed by atoms with Gasteiger partial charge in [-0.05, 0) is 57.9 Å². The summed E-state index contributed by atoms with van der Waals surface area (Å²) in [5.74, 6) is 0.757. The van der Waals surface area contributed by atoms with E-state index in [-0.39, 0.29) is 11.5 Å². The molecule has 122 valence electrons. The first-order valence-corrected chi connectivity index (χ1v) is 7.73. The van der Waals surface area contributed by atoms with Crippen LogP contribution in [0.15, 0.2) is 24.3 Å². The van der Waals surface area contributed by atoms with E-state index in [0.717, 1.165) is 11.4 Å². The van der Waals surface area contributed by atoms with Gasteiger partial charge in [0.25, 0.3) is 0 Å². The molecule has 2 rings (SSSR count). The minimum absolute atomic E-state index is 0.0252. The Morgan fingerprint density at radius 1 is 1.27 bits per heavy atom. The molecule has 1 aromatic carbocycles. The fourth-order valence-electron chi connectivity index (χ4n) is 2.51. The third-order valence-corrected chi connectivity index (χ3v) is 3.86. The number of benzene rings is 1. The van der Waals surface area contributed by atoms with Gasteiger partial charge in [0.2, 0.25) is 5.91 Å². The summed E-state index contributed by atoms with van der Waals surface area (Å²) in [5.41, 5.74) is 5.85. The van der Waals surface area contributed by atoms with Gasteiger partial charge in [0, 0.05) is 25.4 Å². The number of amides is 1. The van der Waals surface area contributed by atoms with Gasteiger partial charge in [-0.3, -0.25) is 4.79 Å². The highest BCUT2D eigenvalue weighted by atomic mass is 16.5. The van der Waals surface area contributed by atoms with Gasteiger partial charge in [-0.1, -0.05) is 0 Å². The highest BCUT2D eigenvalue weighted by Gasteiger charge is 2.38. The van der Waals surface area contributed by atoms with Crippen molar-refractivity contribution in [3.8, 4) is 5.75 Å². The molecule has 1 aliphatic rings. The molecule has 1 aliphatic heterocycles. The number of rotatable bonds is 4. The predicted molar refractivity (Wildman–Crippen MR) is 87.0 cm³/mol. The Bertz CT molecular complexity index is 500. The Hall–Kier alpha value is -1.59. The molecule has 5 nitrogen and oxygen atoms in total. The van der Waals surface area contributed by atoms with Gasteiger partial charge >= 0.3 is 0 Å². The van der Waals surface area contributed by atoms with E-state index in [2.05, 4.69) is 5.32 Å². The average Bonchev–Trinajstić information content (AvgIpc) is 2.48. The van der Waals surface area contributed by atoms with Crippen LogP contribution in [0, 0.1) is 5.41 Å². The molecule has 0 atom stereocenters. The zero-order chi connectivity index (χ0) is 16.2. The Labute approximate surface area is 132 Å². The van der Waals surface area contributed by atoms with Gasteiger partial charge in [0.1, 0.15) is 11.4 Å². The van der Waals surface area contributed by atoms with Crippen molar-refractivity contribution >= 4 is 11.6 Å². The zero-order valence-electron chi connectivity index (χ0n) is 13.6. The molecular weight excluding hydrogens is 280 g/mol. The SMILES string of the molecule is CC(C)(C)Oc1ccc(NC(=O)C2(CN)CCOCC2)cc1. The third-order valence-electron chi connectivity index (χ3n) is 3.86. The molecule has 5 heteroatoms. The Morgan fingerprint density at radius 2 is 1.86 bits per heavy atom. The first-order valence-electron chi connectivity index (χ1n) is 7.73. The fraction of sp³-hybridized carbons (Fsp3) is 0.588. The quantitative estimate of drug-likeness (QED) is 0.896. The topological polar surface area (TPSA) is 73.6 Å². The summed E-state index contributed by atoms with van der Waals surface area (Å²) in [6, 6.07) is 7.42. The lowest BCUT2D eigenvalue weighted by Gasteiger charge is -2.34. The van der Waals surface area contributed by atoms with E-state index >= 15 is 0 Å². The van der Waals surface area contributed by atoms with Gasteiger partial charge in [-0.2, -0.15) is 0 Å². The molecule has 1 aromatic rings. The van der Waals surface area contributed by atoms with E-state index in [1.54, 1.807) is 0 Å². The molecule has 3 N–H and O–H groups in total. The summed E-state index contributed by atoms with van der Waals surface area (Å²) in [7, 11) is 0. The first-order chi connectivity index (χ1) is 10.3. The third kappa shape index (κ3) is 4.21. The van der Waals surface area contributed by atoms with Crippen LogP contribution in [0.4, 0.5) is 5.69 Å². The normalized spacial score (nSPS) is 17.8. The second kappa shape index (κ2) is 6.67. The molecule has 0 aromatic heterocycles. The minimum Gasteiger partial charge on any atom is -0.488 e. The number of ether oxygens (including phenoxy) is 2. The van der Waals surface area contributed by atoms with Crippen molar-refractivity contribution in [1.82, 2.24) is 0 Å². The molecule has 0 bridgehead atoms. The van der Waals surface area contributed by atoms with Crippen LogP contribution in [0.5, 0.6) is 5.75 Å². The van der Waals surface area contributed by atoms with Gasteiger partial charge in [-0.25, -0.2) is 0 Å². The van der Waals surface area contributed by atoms with Crippen LogP contribution < -0.4 is 15.8 Å². The zero-order valence-corrected chi connectivity index (χ0v) is 13.6. The molecular formula is C17H26N2O3. The highest BCUT2D eigenvalue weighted by molar-refractivity contribution is 5.95. The standard InChI is InChI=1S/C17H26N2O3/c1-16(2,3)22-14-6-4-13(5-7-14)19-15(20)17(12-18)8-10-21-11-9-17/h4-7H,8-12,18H2,1-3H3,(H,19,20). The smallest absolute Gasteiger partial charge is 0.232 e. The molecule has 0 unspecified atom stereocenters. The van der Waals surface area contributed by atoms with E-state index in [0.29, 0.717) is 32.6 Å². The van der Waals surface area contributed by atoms with Gasteiger partial charge < -0.3 is 20.5 Å². The molecule has 0 radical (unpaired) electrons. The van der Waals surface area contributed by atoms with E-state index in [1.165, 1.54) is 0 Å². The Kier molecular flexibility index (Phi) is 5.08. The summed E-state index contributed by atoms with van der Waals surface area (Å²) in [5, 5.41) is 2.96. The fourth-order valence-corrected chi connectivity index (χ4v) is 2.51. The van der Waals surface area contributed by atoms with Crippen molar-refractivity contribution < 1.29 is 14.3 Å². The predicted octanol–water partition coefficient (Wildman–Crippen LogP) is 2.56. The molecule has 0 spiro atoms. The maximum atomic E-state index is 12.6. The number of carbonyl (C=O) groups excluding carboxylic acids is 1. The molecule has 0 aliphatic carbocycles. The summed E-state index contributed by atoms with van der Waals surface area (Å²) >= 11 is 0. The maximum Gasteiger partial charge on any atom is 0.232 e. The van der Waals surface area contributed by atoms with Gasteiger partial charge in [-0.15, -0.1) is 0 Å². The molecule has 1 saturated heterocycles. The number of anilines is 1. The van der Waals surface area contributed by atoms with E-state index in [9.17, 15) is 4.79 Å².